The molecule has 0 fully saturated rings. The molecule has 1 aromatic heterocycles. The standard InChI is InChI=1S/C7H4INOS/c8-4-2-1-3-5-6(4)7(10)9-11-5/h1-3H,(H,9,10). The van der Waals surface area contributed by atoms with Crippen molar-refractivity contribution in [2.75, 3.05) is 0 Å². The number of fused-ring (bicyclic) bond motifs is 1. The highest BCUT2D eigenvalue weighted by Crippen LogP contribution is 2.19. The van der Waals surface area contributed by atoms with Gasteiger partial charge in [-0.25, -0.2) is 0 Å². The van der Waals surface area contributed by atoms with E-state index in [-0.39, 0.29) is 5.56 Å². The average Bonchev–Trinajstić information content (AvgIpc) is 2.34. The number of benzene rings is 1. The fourth-order valence-electron chi connectivity index (χ4n) is 0.962. The van der Waals surface area contributed by atoms with Gasteiger partial charge in [0.15, 0.2) is 0 Å². The smallest absolute Gasteiger partial charge is 0.266 e. The Labute approximate surface area is 80.5 Å². The quantitative estimate of drug-likeness (QED) is 0.736. The fraction of sp³-hybridized carbons (Fsp3) is 0. The first-order valence-corrected chi connectivity index (χ1v) is 4.94. The van der Waals surface area contributed by atoms with Gasteiger partial charge in [0, 0.05) is 3.57 Å². The largest absolute Gasteiger partial charge is 0.277 e. The van der Waals surface area contributed by atoms with E-state index in [1.54, 1.807) is 0 Å². The molecule has 0 radical (unpaired) electrons. The Bertz CT molecular complexity index is 445. The van der Waals surface area contributed by atoms with Gasteiger partial charge in [0.25, 0.3) is 5.56 Å². The van der Waals surface area contributed by atoms with Gasteiger partial charge in [0.1, 0.15) is 0 Å². The summed E-state index contributed by atoms with van der Waals surface area (Å²) in [6, 6.07) is 5.83. The van der Waals surface area contributed by atoms with Crippen LogP contribution in [0.15, 0.2) is 23.0 Å². The fourth-order valence-corrected chi connectivity index (χ4v) is 2.64. The van der Waals surface area contributed by atoms with Crippen LogP contribution in [0.4, 0.5) is 0 Å². The summed E-state index contributed by atoms with van der Waals surface area (Å²) in [4.78, 5) is 11.1. The molecule has 56 valence electrons. The van der Waals surface area contributed by atoms with E-state index in [2.05, 4.69) is 27.0 Å². The molecular formula is C7H4INOS. The van der Waals surface area contributed by atoms with Crippen molar-refractivity contribution in [2.45, 2.75) is 0 Å². The van der Waals surface area contributed by atoms with Crippen LogP contribution in [-0.4, -0.2) is 4.37 Å². The second-order valence-electron chi connectivity index (χ2n) is 2.15. The van der Waals surface area contributed by atoms with Gasteiger partial charge in [-0.15, -0.1) is 0 Å². The minimum atomic E-state index is 0.0231. The normalized spacial score (nSPS) is 10.6. The number of H-pyrrole nitrogens is 1. The van der Waals surface area contributed by atoms with E-state index in [0.717, 1.165) is 13.7 Å². The van der Waals surface area contributed by atoms with Crippen LogP contribution in [0.1, 0.15) is 0 Å². The first kappa shape index (κ1) is 7.30. The van der Waals surface area contributed by atoms with Crippen LogP contribution in [0.3, 0.4) is 0 Å². The maximum Gasteiger partial charge on any atom is 0.266 e. The summed E-state index contributed by atoms with van der Waals surface area (Å²) in [7, 11) is 0. The van der Waals surface area contributed by atoms with Crippen LogP contribution in [0.5, 0.6) is 0 Å². The number of hydrogen-bond acceptors (Lipinski definition) is 2. The summed E-state index contributed by atoms with van der Waals surface area (Å²) in [5, 5.41) is 0.818. The monoisotopic (exact) mass is 277 g/mol. The number of nitrogens with one attached hydrogen (secondary N) is 1. The molecule has 0 unspecified atom stereocenters. The van der Waals surface area contributed by atoms with E-state index in [0.29, 0.717) is 0 Å². The molecule has 2 aromatic rings. The Morgan fingerprint density at radius 3 is 3.00 bits per heavy atom. The van der Waals surface area contributed by atoms with Crippen LogP contribution < -0.4 is 5.56 Å². The molecule has 0 saturated heterocycles. The minimum Gasteiger partial charge on any atom is -0.277 e. The molecule has 0 aliphatic carbocycles. The molecule has 4 heteroatoms. The van der Waals surface area contributed by atoms with Crippen molar-refractivity contribution in [3.8, 4) is 0 Å². The molecule has 0 amide bonds. The van der Waals surface area contributed by atoms with Gasteiger partial charge in [-0.2, -0.15) is 0 Å². The molecule has 0 spiro atoms. The molecule has 1 N–H and O–H groups in total. The molecule has 0 bridgehead atoms. The van der Waals surface area contributed by atoms with Gasteiger partial charge >= 0.3 is 0 Å². The number of halogens is 1. The van der Waals surface area contributed by atoms with E-state index >= 15 is 0 Å². The third-order valence-corrected chi connectivity index (χ3v) is 3.20. The topological polar surface area (TPSA) is 32.9 Å². The highest BCUT2D eigenvalue weighted by Gasteiger charge is 2.02. The lowest BCUT2D eigenvalue weighted by Gasteiger charge is -1.87. The van der Waals surface area contributed by atoms with Crippen LogP contribution >= 0.6 is 34.1 Å². The number of rotatable bonds is 0. The zero-order valence-corrected chi connectivity index (χ0v) is 8.40. The Kier molecular flexibility index (Phi) is 1.72. The van der Waals surface area contributed by atoms with E-state index in [4.69, 9.17) is 0 Å². The summed E-state index contributed by atoms with van der Waals surface area (Å²) in [5.74, 6) is 0. The number of hydrogen-bond donors (Lipinski definition) is 1. The predicted molar refractivity (Wildman–Crippen MR) is 55.2 cm³/mol. The Balaban J connectivity index is 3.08. The van der Waals surface area contributed by atoms with Gasteiger partial charge in [-0.1, -0.05) is 17.6 Å². The Morgan fingerprint density at radius 2 is 2.27 bits per heavy atom. The van der Waals surface area contributed by atoms with Gasteiger partial charge in [-0.05, 0) is 34.7 Å². The minimum absolute atomic E-state index is 0.0231. The predicted octanol–water partition coefficient (Wildman–Crippen LogP) is 2.19. The van der Waals surface area contributed by atoms with Crippen molar-refractivity contribution < 1.29 is 0 Å². The molecule has 2 nitrogen and oxygen atoms in total. The van der Waals surface area contributed by atoms with Crippen molar-refractivity contribution in [3.63, 3.8) is 0 Å². The molecule has 0 aliphatic rings. The van der Waals surface area contributed by atoms with E-state index < -0.39 is 0 Å². The molecule has 1 aromatic carbocycles. The molecule has 0 atom stereocenters. The van der Waals surface area contributed by atoms with Crippen molar-refractivity contribution in [1.82, 2.24) is 4.37 Å². The lowest BCUT2D eigenvalue weighted by molar-refractivity contribution is 1.46. The molecule has 0 aliphatic heterocycles. The first-order valence-electron chi connectivity index (χ1n) is 3.05. The molecular weight excluding hydrogens is 273 g/mol. The van der Waals surface area contributed by atoms with Crippen LogP contribution in [-0.2, 0) is 0 Å². The molecule has 2 rings (SSSR count). The lowest BCUT2D eigenvalue weighted by atomic mass is 10.3. The van der Waals surface area contributed by atoms with Crippen molar-refractivity contribution >= 4 is 44.2 Å². The summed E-state index contributed by atoms with van der Waals surface area (Å²) >= 11 is 3.55. The third-order valence-electron chi connectivity index (χ3n) is 1.46. The summed E-state index contributed by atoms with van der Waals surface area (Å²) in [6.07, 6.45) is 0. The van der Waals surface area contributed by atoms with Crippen LogP contribution in [0.2, 0.25) is 0 Å². The second-order valence-corrected chi connectivity index (χ2v) is 4.16. The average molecular weight is 277 g/mol. The zero-order valence-electron chi connectivity index (χ0n) is 5.43. The van der Waals surface area contributed by atoms with E-state index in [1.165, 1.54) is 11.5 Å². The second kappa shape index (κ2) is 2.60. The highest BCUT2D eigenvalue weighted by molar-refractivity contribution is 14.1. The van der Waals surface area contributed by atoms with Gasteiger partial charge in [0.2, 0.25) is 0 Å². The SMILES string of the molecule is O=c1[nH]sc2cccc(I)c12. The first-order chi connectivity index (χ1) is 5.29. The van der Waals surface area contributed by atoms with Crippen molar-refractivity contribution in [3.05, 3.63) is 32.1 Å². The maximum atomic E-state index is 11.1. The highest BCUT2D eigenvalue weighted by atomic mass is 127. The molecule has 1 heterocycles. The molecule has 0 saturated carbocycles. The van der Waals surface area contributed by atoms with Gasteiger partial charge < -0.3 is 0 Å². The summed E-state index contributed by atoms with van der Waals surface area (Å²) in [5.41, 5.74) is 0.0231. The van der Waals surface area contributed by atoms with Gasteiger partial charge in [0.05, 0.1) is 10.1 Å². The molecule has 11 heavy (non-hydrogen) atoms. The summed E-state index contributed by atoms with van der Waals surface area (Å²) in [6.45, 7) is 0. The van der Waals surface area contributed by atoms with E-state index in [1.807, 2.05) is 18.2 Å². The van der Waals surface area contributed by atoms with Gasteiger partial charge in [-0.3, -0.25) is 9.17 Å². The lowest BCUT2D eigenvalue weighted by Crippen LogP contribution is -1.97. The van der Waals surface area contributed by atoms with Crippen LogP contribution in [0.25, 0.3) is 10.1 Å². The number of aromatic amines is 1. The third kappa shape index (κ3) is 1.10. The Morgan fingerprint density at radius 1 is 1.45 bits per heavy atom. The van der Waals surface area contributed by atoms with E-state index in [9.17, 15) is 4.79 Å². The van der Waals surface area contributed by atoms with Crippen molar-refractivity contribution in [1.29, 1.82) is 0 Å². The zero-order chi connectivity index (χ0) is 7.84. The number of aromatic nitrogens is 1. The van der Waals surface area contributed by atoms with Crippen LogP contribution in [0, 0.1) is 3.57 Å². The maximum absolute atomic E-state index is 11.1. The Hall–Kier alpha value is -0.360. The van der Waals surface area contributed by atoms with Crippen molar-refractivity contribution in [2.24, 2.45) is 0 Å². The summed E-state index contributed by atoms with van der Waals surface area (Å²) < 4.78 is 4.74.